The lowest BCUT2D eigenvalue weighted by atomic mass is 10.1. The molecule has 0 spiro atoms. The lowest BCUT2D eigenvalue weighted by Crippen LogP contribution is -2.26. The molecule has 1 atom stereocenters. The summed E-state index contributed by atoms with van der Waals surface area (Å²) in [5, 5.41) is 11.3. The molecule has 2 N–H and O–H groups in total. The zero-order valence-electron chi connectivity index (χ0n) is 10.4. The van der Waals surface area contributed by atoms with Crippen molar-refractivity contribution in [1.82, 2.24) is 5.32 Å². The molecule has 0 saturated heterocycles. The maximum Gasteiger partial charge on any atom is 0.306 e. The van der Waals surface area contributed by atoms with Crippen LogP contribution in [0.2, 0.25) is 0 Å². The summed E-state index contributed by atoms with van der Waals surface area (Å²) in [6, 6.07) is 4.58. The van der Waals surface area contributed by atoms with Gasteiger partial charge in [0.2, 0.25) is 5.91 Å². The second kappa shape index (κ2) is 6.14. The molecule has 0 fully saturated rings. The fraction of sp³-hybridized carbons (Fsp3) is 0.385. The summed E-state index contributed by atoms with van der Waals surface area (Å²) in [5.74, 6) is -2.32. The van der Waals surface area contributed by atoms with E-state index in [1.807, 2.05) is 0 Å². The third-order valence-electron chi connectivity index (χ3n) is 2.63. The first-order chi connectivity index (χ1) is 8.40. The van der Waals surface area contributed by atoms with Gasteiger partial charge in [-0.2, -0.15) is 0 Å². The lowest BCUT2D eigenvalue weighted by molar-refractivity contribution is -0.143. The Hall–Kier alpha value is -1.91. The topological polar surface area (TPSA) is 66.4 Å². The van der Waals surface area contributed by atoms with Gasteiger partial charge in [0.15, 0.2) is 0 Å². The minimum Gasteiger partial charge on any atom is -0.481 e. The van der Waals surface area contributed by atoms with Crippen molar-refractivity contribution in [3.8, 4) is 0 Å². The molecule has 0 radical (unpaired) electrons. The first-order valence-corrected chi connectivity index (χ1v) is 5.64. The van der Waals surface area contributed by atoms with Crippen LogP contribution in [-0.2, 0) is 16.1 Å². The van der Waals surface area contributed by atoms with Crippen LogP contribution in [0.3, 0.4) is 0 Å². The van der Waals surface area contributed by atoms with Gasteiger partial charge in [0.25, 0.3) is 0 Å². The smallest absolute Gasteiger partial charge is 0.306 e. The van der Waals surface area contributed by atoms with Crippen LogP contribution < -0.4 is 5.32 Å². The number of carboxylic acids is 1. The lowest BCUT2D eigenvalue weighted by Gasteiger charge is -2.08. The van der Waals surface area contributed by atoms with Crippen molar-refractivity contribution < 1.29 is 19.1 Å². The molecular formula is C13H16FNO3. The van der Waals surface area contributed by atoms with Crippen molar-refractivity contribution in [2.75, 3.05) is 0 Å². The molecule has 0 aliphatic heterocycles. The Morgan fingerprint density at radius 3 is 2.67 bits per heavy atom. The Kier molecular flexibility index (Phi) is 4.83. The average molecular weight is 253 g/mol. The van der Waals surface area contributed by atoms with Gasteiger partial charge in [0, 0.05) is 13.0 Å². The van der Waals surface area contributed by atoms with E-state index in [1.165, 1.54) is 13.0 Å². The molecule has 98 valence electrons. The molecule has 0 aromatic heterocycles. The first kappa shape index (κ1) is 14.2. The minimum atomic E-state index is -0.997. The van der Waals surface area contributed by atoms with Crippen molar-refractivity contribution in [2.24, 2.45) is 5.92 Å². The molecular weight excluding hydrogens is 237 g/mol. The van der Waals surface area contributed by atoms with E-state index in [4.69, 9.17) is 5.11 Å². The number of benzene rings is 1. The van der Waals surface area contributed by atoms with Crippen molar-refractivity contribution in [2.45, 2.75) is 26.8 Å². The zero-order valence-corrected chi connectivity index (χ0v) is 10.4. The van der Waals surface area contributed by atoms with Crippen LogP contribution in [0.5, 0.6) is 0 Å². The number of rotatable bonds is 5. The zero-order chi connectivity index (χ0) is 13.7. The van der Waals surface area contributed by atoms with Gasteiger partial charge in [-0.1, -0.05) is 19.1 Å². The summed E-state index contributed by atoms with van der Waals surface area (Å²) < 4.78 is 13.0. The van der Waals surface area contributed by atoms with Crippen molar-refractivity contribution >= 4 is 11.9 Å². The normalized spacial score (nSPS) is 11.9. The monoisotopic (exact) mass is 253 g/mol. The molecule has 0 saturated carbocycles. The quantitative estimate of drug-likeness (QED) is 0.841. The highest BCUT2D eigenvalue weighted by atomic mass is 19.1. The fourth-order valence-electron chi connectivity index (χ4n) is 1.45. The second-order valence-corrected chi connectivity index (χ2v) is 4.30. The predicted octanol–water partition coefficient (Wildman–Crippen LogP) is 1.86. The van der Waals surface area contributed by atoms with E-state index in [-0.39, 0.29) is 24.7 Å². The van der Waals surface area contributed by atoms with E-state index in [0.717, 1.165) is 5.56 Å². The summed E-state index contributed by atoms with van der Waals surface area (Å²) in [7, 11) is 0. The number of carbonyl (C=O) groups excluding carboxylic acids is 1. The van der Waals surface area contributed by atoms with Crippen molar-refractivity contribution in [3.05, 3.63) is 35.1 Å². The van der Waals surface area contributed by atoms with E-state index in [2.05, 4.69) is 5.32 Å². The van der Waals surface area contributed by atoms with Gasteiger partial charge in [-0.05, 0) is 24.1 Å². The summed E-state index contributed by atoms with van der Waals surface area (Å²) in [6.45, 7) is 3.39. The van der Waals surface area contributed by atoms with Gasteiger partial charge in [-0.3, -0.25) is 9.59 Å². The van der Waals surface area contributed by atoms with Crippen molar-refractivity contribution in [3.63, 3.8) is 0 Å². The summed E-state index contributed by atoms with van der Waals surface area (Å²) in [5.41, 5.74) is 1.30. The van der Waals surface area contributed by atoms with Crippen LogP contribution in [0.1, 0.15) is 24.5 Å². The number of aryl methyl sites for hydroxylation is 1. The van der Waals surface area contributed by atoms with Gasteiger partial charge in [-0.25, -0.2) is 4.39 Å². The molecule has 0 aliphatic rings. The highest BCUT2D eigenvalue weighted by molar-refractivity contribution is 5.81. The molecule has 1 amide bonds. The fourth-order valence-corrected chi connectivity index (χ4v) is 1.45. The number of nitrogens with one attached hydrogen (secondary N) is 1. The maximum atomic E-state index is 13.0. The molecule has 1 rings (SSSR count). The molecule has 1 aromatic carbocycles. The molecule has 0 bridgehead atoms. The molecule has 5 heteroatoms. The third-order valence-corrected chi connectivity index (χ3v) is 2.63. The Balaban J connectivity index is 2.47. The second-order valence-electron chi connectivity index (χ2n) is 4.30. The van der Waals surface area contributed by atoms with E-state index in [1.54, 1.807) is 19.1 Å². The maximum absolute atomic E-state index is 13.0. The number of aliphatic carboxylic acids is 1. The third kappa shape index (κ3) is 4.16. The van der Waals surface area contributed by atoms with Gasteiger partial charge in [-0.15, -0.1) is 0 Å². The summed E-state index contributed by atoms with van der Waals surface area (Å²) >= 11 is 0. The number of halogens is 1. The Labute approximate surface area is 105 Å². The largest absolute Gasteiger partial charge is 0.481 e. The number of hydrogen-bond donors (Lipinski definition) is 2. The van der Waals surface area contributed by atoms with Gasteiger partial charge in [0.1, 0.15) is 5.82 Å². The number of carboxylic acid groups (broad SMARTS) is 1. The molecule has 0 aliphatic carbocycles. The average Bonchev–Trinajstić information content (AvgIpc) is 2.30. The Bertz CT molecular complexity index is 460. The number of carbonyl (C=O) groups is 2. The van der Waals surface area contributed by atoms with Gasteiger partial charge >= 0.3 is 5.97 Å². The van der Waals surface area contributed by atoms with E-state index < -0.39 is 11.9 Å². The Morgan fingerprint density at radius 2 is 2.11 bits per heavy atom. The predicted molar refractivity (Wildman–Crippen MR) is 64.4 cm³/mol. The van der Waals surface area contributed by atoms with E-state index in [0.29, 0.717) is 5.56 Å². The first-order valence-electron chi connectivity index (χ1n) is 5.64. The standard InChI is InChI=1S/C13H16FNO3/c1-8-5-10(3-4-11(8)14)7-15-12(16)6-9(2)13(17)18/h3-5,9H,6-7H2,1-2H3,(H,15,16)(H,17,18). The molecule has 0 heterocycles. The van der Waals surface area contributed by atoms with Crippen LogP contribution >= 0.6 is 0 Å². The number of amides is 1. The van der Waals surface area contributed by atoms with Crippen LogP contribution in [-0.4, -0.2) is 17.0 Å². The van der Waals surface area contributed by atoms with E-state index in [9.17, 15) is 14.0 Å². The molecule has 1 aromatic rings. The summed E-state index contributed by atoms with van der Waals surface area (Å²) in [4.78, 5) is 22.0. The highest BCUT2D eigenvalue weighted by Gasteiger charge is 2.15. The molecule has 4 nitrogen and oxygen atoms in total. The van der Waals surface area contributed by atoms with Crippen LogP contribution in [0, 0.1) is 18.7 Å². The SMILES string of the molecule is Cc1cc(CNC(=O)CC(C)C(=O)O)ccc1F. The van der Waals surface area contributed by atoms with Crippen LogP contribution in [0.15, 0.2) is 18.2 Å². The molecule has 1 unspecified atom stereocenters. The minimum absolute atomic E-state index is 0.0600. The Morgan fingerprint density at radius 1 is 1.44 bits per heavy atom. The van der Waals surface area contributed by atoms with Crippen molar-refractivity contribution in [1.29, 1.82) is 0 Å². The van der Waals surface area contributed by atoms with E-state index >= 15 is 0 Å². The molecule has 18 heavy (non-hydrogen) atoms. The van der Waals surface area contributed by atoms with Gasteiger partial charge in [0.05, 0.1) is 5.92 Å². The summed E-state index contributed by atoms with van der Waals surface area (Å²) in [6.07, 6.45) is -0.0600. The van der Waals surface area contributed by atoms with Crippen LogP contribution in [0.4, 0.5) is 4.39 Å². The van der Waals surface area contributed by atoms with Gasteiger partial charge < -0.3 is 10.4 Å². The number of hydrogen-bond acceptors (Lipinski definition) is 2. The highest BCUT2D eigenvalue weighted by Crippen LogP contribution is 2.09. The van der Waals surface area contributed by atoms with Crippen LogP contribution in [0.25, 0.3) is 0 Å².